The topological polar surface area (TPSA) is 29.1 Å². The summed E-state index contributed by atoms with van der Waals surface area (Å²) in [5, 5.41) is 4.31. The van der Waals surface area contributed by atoms with Gasteiger partial charge in [0, 0.05) is 19.0 Å². The maximum atomic E-state index is 12.5. The number of benzene rings is 2. The molecular formula is C16H10Br2ClNOS. The first-order valence-corrected chi connectivity index (χ1v) is 9.19. The van der Waals surface area contributed by atoms with Crippen LogP contribution in [0.15, 0.2) is 45.3 Å². The van der Waals surface area contributed by atoms with E-state index < -0.39 is 0 Å². The smallest absolute Gasteiger partial charge is 0.267 e. The summed E-state index contributed by atoms with van der Waals surface area (Å²) in [7, 11) is 0. The number of carbonyl (C=O) groups is 1. The van der Waals surface area contributed by atoms with Crippen LogP contribution in [0.5, 0.6) is 0 Å². The number of fused-ring (bicyclic) bond motifs is 1. The summed E-state index contributed by atoms with van der Waals surface area (Å²) in [4.78, 5) is 13.0. The number of halogens is 3. The van der Waals surface area contributed by atoms with E-state index in [9.17, 15) is 4.79 Å². The van der Waals surface area contributed by atoms with Crippen molar-refractivity contribution >= 4 is 76.5 Å². The van der Waals surface area contributed by atoms with Gasteiger partial charge in [-0.05, 0) is 52.7 Å². The van der Waals surface area contributed by atoms with Gasteiger partial charge in [0.2, 0.25) is 0 Å². The summed E-state index contributed by atoms with van der Waals surface area (Å²) in [6, 6.07) is 11.6. The molecule has 0 spiro atoms. The third-order valence-electron chi connectivity index (χ3n) is 3.17. The summed E-state index contributed by atoms with van der Waals surface area (Å²) < 4.78 is 2.76. The van der Waals surface area contributed by atoms with Crippen molar-refractivity contribution in [3.63, 3.8) is 0 Å². The summed E-state index contributed by atoms with van der Waals surface area (Å²) in [6.45, 7) is 2.02. The summed E-state index contributed by atoms with van der Waals surface area (Å²) in [5.74, 6) is -0.202. The molecule has 0 aliphatic heterocycles. The Morgan fingerprint density at radius 1 is 1.18 bits per heavy atom. The van der Waals surface area contributed by atoms with E-state index >= 15 is 0 Å². The fourth-order valence-corrected chi connectivity index (χ4v) is 4.75. The summed E-state index contributed by atoms with van der Waals surface area (Å²) >= 11 is 14.6. The van der Waals surface area contributed by atoms with Crippen LogP contribution < -0.4 is 5.32 Å². The highest BCUT2D eigenvalue weighted by Gasteiger charge is 2.18. The summed E-state index contributed by atoms with van der Waals surface area (Å²) in [5.41, 5.74) is 1.85. The van der Waals surface area contributed by atoms with Gasteiger partial charge in [0.15, 0.2) is 0 Å². The molecule has 22 heavy (non-hydrogen) atoms. The number of hydrogen-bond donors (Lipinski definition) is 1. The molecule has 2 aromatic carbocycles. The van der Waals surface area contributed by atoms with Gasteiger partial charge in [0.05, 0.1) is 10.7 Å². The second kappa shape index (κ2) is 6.32. The van der Waals surface area contributed by atoms with Gasteiger partial charge in [-0.3, -0.25) is 4.79 Å². The van der Waals surface area contributed by atoms with E-state index in [-0.39, 0.29) is 5.91 Å². The Labute approximate surface area is 153 Å². The predicted molar refractivity (Wildman–Crippen MR) is 101 cm³/mol. The lowest BCUT2D eigenvalue weighted by Crippen LogP contribution is -2.11. The number of carbonyl (C=O) groups excluding carboxylic acids is 1. The highest BCUT2D eigenvalue weighted by atomic mass is 79.9. The minimum absolute atomic E-state index is 0.202. The molecular weight excluding hydrogens is 450 g/mol. The quantitative estimate of drug-likeness (QED) is 0.457. The van der Waals surface area contributed by atoms with E-state index in [0.29, 0.717) is 15.6 Å². The first-order chi connectivity index (χ1) is 10.5. The Hall–Kier alpha value is -0.880. The van der Waals surface area contributed by atoms with Crippen LogP contribution in [0.25, 0.3) is 10.1 Å². The van der Waals surface area contributed by atoms with Crippen molar-refractivity contribution < 1.29 is 4.79 Å². The number of nitrogens with one attached hydrogen (secondary N) is 1. The van der Waals surface area contributed by atoms with Crippen molar-refractivity contribution in [2.45, 2.75) is 6.92 Å². The number of aryl methyl sites for hydroxylation is 1. The molecule has 0 saturated heterocycles. The van der Waals surface area contributed by atoms with Gasteiger partial charge in [-0.1, -0.05) is 39.7 Å². The van der Waals surface area contributed by atoms with E-state index in [0.717, 1.165) is 24.6 Å². The van der Waals surface area contributed by atoms with Gasteiger partial charge in [-0.15, -0.1) is 11.3 Å². The Kier molecular flexibility index (Phi) is 4.59. The SMILES string of the molecule is Cc1ccc2c(Cl)c(C(=O)Nc3ccc(Br)cc3Br)sc2c1. The molecule has 0 bridgehead atoms. The van der Waals surface area contributed by atoms with E-state index in [4.69, 9.17) is 11.6 Å². The van der Waals surface area contributed by atoms with E-state index in [1.165, 1.54) is 11.3 Å². The highest BCUT2D eigenvalue weighted by molar-refractivity contribution is 9.11. The van der Waals surface area contributed by atoms with Crippen LogP contribution in [-0.2, 0) is 0 Å². The molecule has 2 nitrogen and oxygen atoms in total. The molecule has 3 rings (SSSR count). The molecule has 1 N–H and O–H groups in total. The average Bonchev–Trinajstić information content (AvgIpc) is 2.78. The molecule has 0 atom stereocenters. The van der Waals surface area contributed by atoms with Gasteiger partial charge in [-0.25, -0.2) is 0 Å². The number of anilines is 1. The largest absolute Gasteiger partial charge is 0.320 e. The van der Waals surface area contributed by atoms with Crippen molar-refractivity contribution in [1.29, 1.82) is 0 Å². The van der Waals surface area contributed by atoms with Crippen molar-refractivity contribution in [2.75, 3.05) is 5.32 Å². The first-order valence-electron chi connectivity index (χ1n) is 6.41. The fourth-order valence-electron chi connectivity index (χ4n) is 2.09. The van der Waals surface area contributed by atoms with E-state index in [1.54, 1.807) is 0 Å². The van der Waals surface area contributed by atoms with Crippen LogP contribution in [0.4, 0.5) is 5.69 Å². The normalized spacial score (nSPS) is 10.9. The van der Waals surface area contributed by atoms with Crippen molar-refractivity contribution in [3.8, 4) is 0 Å². The van der Waals surface area contributed by atoms with Gasteiger partial charge >= 0.3 is 0 Å². The zero-order chi connectivity index (χ0) is 15.9. The molecule has 1 heterocycles. The minimum atomic E-state index is -0.202. The molecule has 0 radical (unpaired) electrons. The molecule has 3 aromatic rings. The Balaban J connectivity index is 1.97. The number of thiophene rings is 1. The third kappa shape index (κ3) is 3.08. The lowest BCUT2D eigenvalue weighted by atomic mass is 10.2. The fraction of sp³-hybridized carbons (Fsp3) is 0.0625. The first kappa shape index (κ1) is 16.0. The maximum Gasteiger partial charge on any atom is 0.267 e. The second-order valence-corrected chi connectivity index (χ2v) is 8.02. The molecule has 0 aliphatic carbocycles. The Morgan fingerprint density at radius 2 is 1.95 bits per heavy atom. The van der Waals surface area contributed by atoms with E-state index in [2.05, 4.69) is 37.2 Å². The van der Waals surface area contributed by atoms with Crippen molar-refractivity contribution in [2.24, 2.45) is 0 Å². The number of rotatable bonds is 2. The number of amides is 1. The molecule has 1 aromatic heterocycles. The van der Waals surface area contributed by atoms with Gasteiger partial charge in [0.1, 0.15) is 4.88 Å². The maximum absolute atomic E-state index is 12.5. The highest BCUT2D eigenvalue weighted by Crippen LogP contribution is 2.36. The molecule has 0 saturated carbocycles. The van der Waals surface area contributed by atoms with Gasteiger partial charge < -0.3 is 5.32 Å². The van der Waals surface area contributed by atoms with Gasteiger partial charge in [-0.2, -0.15) is 0 Å². The van der Waals surface area contributed by atoms with Crippen molar-refractivity contribution in [3.05, 3.63) is 60.8 Å². The molecule has 1 amide bonds. The average molecular weight is 460 g/mol. The monoisotopic (exact) mass is 457 g/mol. The van der Waals surface area contributed by atoms with Crippen molar-refractivity contribution in [1.82, 2.24) is 0 Å². The van der Waals surface area contributed by atoms with Crippen LogP contribution >= 0.6 is 54.8 Å². The Morgan fingerprint density at radius 3 is 2.68 bits per heavy atom. The second-order valence-electron chi connectivity index (χ2n) is 4.82. The van der Waals surface area contributed by atoms with Crippen LogP contribution in [0, 0.1) is 6.92 Å². The molecule has 0 unspecified atom stereocenters. The van der Waals surface area contributed by atoms with Crippen LogP contribution in [-0.4, -0.2) is 5.91 Å². The Bertz CT molecular complexity index is 891. The lowest BCUT2D eigenvalue weighted by Gasteiger charge is -2.06. The lowest BCUT2D eigenvalue weighted by molar-refractivity contribution is 0.103. The molecule has 0 aliphatic rings. The molecule has 112 valence electrons. The summed E-state index contributed by atoms with van der Waals surface area (Å²) in [6.07, 6.45) is 0. The number of hydrogen-bond acceptors (Lipinski definition) is 2. The van der Waals surface area contributed by atoms with Crippen LogP contribution in [0.2, 0.25) is 5.02 Å². The zero-order valence-electron chi connectivity index (χ0n) is 11.4. The van der Waals surface area contributed by atoms with Gasteiger partial charge in [0.25, 0.3) is 5.91 Å². The van der Waals surface area contributed by atoms with Crippen LogP contribution in [0.3, 0.4) is 0 Å². The molecule has 6 heteroatoms. The minimum Gasteiger partial charge on any atom is -0.320 e. The molecule has 0 fully saturated rings. The van der Waals surface area contributed by atoms with E-state index in [1.807, 2.05) is 43.3 Å². The zero-order valence-corrected chi connectivity index (χ0v) is 16.2. The third-order valence-corrected chi connectivity index (χ3v) is 5.98. The van der Waals surface area contributed by atoms with Crippen LogP contribution in [0.1, 0.15) is 15.2 Å². The predicted octanol–water partition coefficient (Wildman–Crippen LogP) is 6.64. The standard InChI is InChI=1S/C16H10Br2ClNOS/c1-8-2-4-10-13(6-8)22-15(14(10)19)16(21)20-12-5-3-9(17)7-11(12)18/h2-7H,1H3,(H,20,21).